The van der Waals surface area contributed by atoms with E-state index in [4.69, 9.17) is 23.7 Å². The number of rotatable bonds is 7. The Labute approximate surface area is 231 Å². The van der Waals surface area contributed by atoms with Crippen molar-refractivity contribution in [3.05, 3.63) is 40.3 Å². The summed E-state index contributed by atoms with van der Waals surface area (Å²) in [6, 6.07) is 6.25. The summed E-state index contributed by atoms with van der Waals surface area (Å²) in [5.41, 5.74) is 3.72. The minimum Gasteiger partial charge on any atom is -0.465 e. The molecule has 3 aromatic rings. The summed E-state index contributed by atoms with van der Waals surface area (Å²) in [5, 5.41) is 15.2. The van der Waals surface area contributed by atoms with Crippen molar-refractivity contribution in [2.75, 3.05) is 25.2 Å². The molecule has 1 saturated carbocycles. The maximum atomic E-state index is 12.1. The number of nitrogens with zero attached hydrogens (tertiary/aromatic N) is 4. The van der Waals surface area contributed by atoms with E-state index < -0.39 is 5.97 Å². The van der Waals surface area contributed by atoms with Crippen LogP contribution in [0.25, 0.3) is 10.2 Å². The molecular formula is C29H32N4O5S. The molecule has 9 nitrogen and oxygen atoms in total. The molecular weight excluding hydrogens is 516 g/mol. The Hall–Kier alpha value is -3.00. The van der Waals surface area contributed by atoms with Crippen molar-refractivity contribution in [3.8, 4) is 6.07 Å². The van der Waals surface area contributed by atoms with Gasteiger partial charge in [0, 0.05) is 42.7 Å². The molecule has 7 rings (SSSR count). The predicted molar refractivity (Wildman–Crippen MR) is 144 cm³/mol. The van der Waals surface area contributed by atoms with Crippen LogP contribution in [0.2, 0.25) is 0 Å². The molecule has 0 amide bonds. The fourth-order valence-electron chi connectivity index (χ4n) is 6.66. The zero-order valence-corrected chi connectivity index (χ0v) is 22.9. The zero-order chi connectivity index (χ0) is 26.5. The molecule has 10 heteroatoms. The lowest BCUT2D eigenvalue weighted by molar-refractivity contribution is 0.0137. The van der Waals surface area contributed by atoms with Gasteiger partial charge < -0.3 is 23.6 Å². The SMILES string of the molecule is COC(=O)c1cc(C#N)c2nc(N3C4CCC3CC(OCc3c(C5CCOCC5)noc3C3CC3)C4)sc2c1. The fraction of sp³-hybridized carbons (Fsp3) is 0.586. The Kier molecular flexibility index (Phi) is 6.53. The van der Waals surface area contributed by atoms with E-state index in [1.54, 1.807) is 23.5 Å². The molecule has 3 aliphatic heterocycles. The number of carbonyl (C=O) groups excluding carboxylic acids is 1. The highest BCUT2D eigenvalue weighted by molar-refractivity contribution is 7.22. The van der Waals surface area contributed by atoms with Gasteiger partial charge in [-0.1, -0.05) is 16.5 Å². The lowest BCUT2D eigenvalue weighted by atomic mass is 9.92. The van der Waals surface area contributed by atoms with Gasteiger partial charge in [0.15, 0.2) is 5.13 Å². The smallest absolute Gasteiger partial charge is 0.337 e. The molecule has 0 N–H and O–H groups in total. The molecule has 2 bridgehead atoms. The van der Waals surface area contributed by atoms with Crippen molar-refractivity contribution in [3.63, 3.8) is 0 Å². The van der Waals surface area contributed by atoms with Gasteiger partial charge in [-0.25, -0.2) is 9.78 Å². The molecule has 1 aliphatic carbocycles. The summed E-state index contributed by atoms with van der Waals surface area (Å²) in [4.78, 5) is 19.4. The van der Waals surface area contributed by atoms with Crippen LogP contribution in [-0.2, 0) is 20.8 Å². The molecule has 3 saturated heterocycles. The molecule has 2 aromatic heterocycles. The van der Waals surface area contributed by atoms with Gasteiger partial charge in [-0.3, -0.25) is 0 Å². The van der Waals surface area contributed by atoms with Gasteiger partial charge in [0.05, 0.1) is 41.3 Å². The van der Waals surface area contributed by atoms with Crippen molar-refractivity contribution in [2.45, 2.75) is 88.0 Å². The summed E-state index contributed by atoms with van der Waals surface area (Å²) >= 11 is 1.55. The quantitative estimate of drug-likeness (QED) is 0.357. The van der Waals surface area contributed by atoms with E-state index in [1.165, 1.54) is 25.5 Å². The number of carbonyl (C=O) groups is 1. The number of aromatic nitrogens is 2. The van der Waals surface area contributed by atoms with E-state index in [2.05, 4.69) is 16.1 Å². The third-order valence-corrected chi connectivity index (χ3v) is 9.82. The molecule has 2 atom stereocenters. The van der Waals surface area contributed by atoms with Crippen LogP contribution in [0, 0.1) is 11.3 Å². The third-order valence-electron chi connectivity index (χ3n) is 8.80. The number of anilines is 1. The van der Waals surface area contributed by atoms with Gasteiger partial charge in [-0.2, -0.15) is 5.26 Å². The molecule has 4 aliphatic rings. The van der Waals surface area contributed by atoms with Crippen molar-refractivity contribution >= 4 is 32.7 Å². The molecule has 0 spiro atoms. The van der Waals surface area contributed by atoms with Crippen molar-refractivity contribution in [1.29, 1.82) is 5.26 Å². The van der Waals surface area contributed by atoms with Gasteiger partial charge in [0.2, 0.25) is 0 Å². The van der Waals surface area contributed by atoms with E-state index in [0.29, 0.717) is 47.2 Å². The van der Waals surface area contributed by atoms with E-state index in [0.717, 1.165) is 73.0 Å². The maximum Gasteiger partial charge on any atom is 0.337 e. The van der Waals surface area contributed by atoms with Crippen molar-refractivity contribution in [1.82, 2.24) is 10.1 Å². The molecule has 5 heterocycles. The molecule has 39 heavy (non-hydrogen) atoms. The first-order valence-corrected chi connectivity index (χ1v) is 14.8. The van der Waals surface area contributed by atoms with Crippen molar-refractivity contribution < 1.29 is 23.5 Å². The number of hydrogen-bond acceptors (Lipinski definition) is 10. The van der Waals surface area contributed by atoms with Crippen LogP contribution in [-0.4, -0.2) is 54.6 Å². The average Bonchev–Trinajstić information content (AvgIpc) is 3.48. The second-order valence-corrected chi connectivity index (χ2v) is 12.2. The Balaban J connectivity index is 1.08. The Bertz CT molecular complexity index is 1420. The lowest BCUT2D eigenvalue weighted by Gasteiger charge is -2.38. The van der Waals surface area contributed by atoms with Crippen LogP contribution in [0.5, 0.6) is 0 Å². The summed E-state index contributed by atoms with van der Waals surface area (Å²) < 4.78 is 23.8. The van der Waals surface area contributed by atoms with Crippen LogP contribution in [0.3, 0.4) is 0 Å². The fourth-order valence-corrected chi connectivity index (χ4v) is 7.84. The number of ether oxygens (including phenoxy) is 3. The van der Waals surface area contributed by atoms with Gasteiger partial charge in [-0.15, -0.1) is 0 Å². The van der Waals surface area contributed by atoms with E-state index in [9.17, 15) is 10.1 Å². The summed E-state index contributed by atoms with van der Waals surface area (Å²) in [5.74, 6) is 1.49. The Morgan fingerprint density at radius 3 is 2.59 bits per heavy atom. The molecule has 0 radical (unpaired) electrons. The van der Waals surface area contributed by atoms with Gasteiger partial charge in [0.25, 0.3) is 0 Å². The van der Waals surface area contributed by atoms with Gasteiger partial charge >= 0.3 is 5.97 Å². The normalized spacial score (nSPS) is 25.2. The minimum absolute atomic E-state index is 0.179. The first kappa shape index (κ1) is 25.0. The van der Waals surface area contributed by atoms with Crippen LogP contribution >= 0.6 is 11.3 Å². The number of nitriles is 1. The number of methoxy groups -OCH3 is 1. The maximum absolute atomic E-state index is 12.1. The number of piperidine rings is 1. The lowest BCUT2D eigenvalue weighted by Crippen LogP contribution is -2.45. The highest BCUT2D eigenvalue weighted by Crippen LogP contribution is 2.46. The van der Waals surface area contributed by atoms with Gasteiger partial charge in [0.1, 0.15) is 17.3 Å². The molecule has 4 fully saturated rings. The van der Waals surface area contributed by atoms with E-state index in [-0.39, 0.29) is 6.10 Å². The Morgan fingerprint density at radius 2 is 1.90 bits per heavy atom. The van der Waals surface area contributed by atoms with Crippen LogP contribution in [0.15, 0.2) is 16.7 Å². The zero-order valence-electron chi connectivity index (χ0n) is 22.1. The average molecular weight is 549 g/mol. The molecule has 1 aromatic carbocycles. The Morgan fingerprint density at radius 1 is 1.13 bits per heavy atom. The monoisotopic (exact) mass is 548 g/mol. The van der Waals surface area contributed by atoms with E-state index in [1.807, 2.05) is 0 Å². The predicted octanol–water partition coefficient (Wildman–Crippen LogP) is 5.43. The molecule has 2 unspecified atom stereocenters. The summed E-state index contributed by atoms with van der Waals surface area (Å²) in [6.07, 6.45) is 8.61. The van der Waals surface area contributed by atoms with Crippen LogP contribution < -0.4 is 4.90 Å². The number of esters is 1. The van der Waals surface area contributed by atoms with Crippen LogP contribution in [0.1, 0.15) is 96.1 Å². The number of fused-ring (bicyclic) bond motifs is 3. The molecule has 204 valence electrons. The minimum atomic E-state index is -0.445. The first-order valence-electron chi connectivity index (χ1n) is 14.0. The largest absolute Gasteiger partial charge is 0.465 e. The third kappa shape index (κ3) is 4.60. The first-order chi connectivity index (χ1) is 19.1. The highest BCUT2D eigenvalue weighted by Gasteiger charge is 2.43. The second-order valence-electron chi connectivity index (χ2n) is 11.2. The number of benzene rings is 1. The summed E-state index contributed by atoms with van der Waals surface area (Å²) in [7, 11) is 1.35. The van der Waals surface area contributed by atoms with E-state index >= 15 is 0 Å². The van der Waals surface area contributed by atoms with Crippen LogP contribution in [0.4, 0.5) is 5.13 Å². The standard InChI is InChI=1S/C29H32N4O5S/c1-35-28(34)18-10-19(14-30)26-24(11-18)39-29(31-26)33-20-4-5-21(33)13-22(12-20)37-15-23-25(16-6-8-36-9-7-16)32-38-27(23)17-2-3-17/h10-11,16-17,20-22H,2-9,12-13,15H2,1H3. The second kappa shape index (κ2) is 10.2. The van der Waals surface area contributed by atoms with Crippen molar-refractivity contribution in [2.24, 2.45) is 0 Å². The number of hydrogen-bond donors (Lipinski definition) is 0. The summed E-state index contributed by atoms with van der Waals surface area (Å²) in [6.45, 7) is 2.13. The highest BCUT2D eigenvalue weighted by atomic mass is 32.1. The topological polar surface area (TPSA) is 111 Å². The number of thiazole rings is 1. The van der Waals surface area contributed by atoms with Gasteiger partial charge in [-0.05, 0) is 63.5 Å².